The number of esters is 1. The molecule has 5 aliphatic rings. The number of aromatic nitrogens is 6. The van der Waals surface area contributed by atoms with Gasteiger partial charge in [0.1, 0.15) is 18.2 Å². The van der Waals surface area contributed by atoms with Gasteiger partial charge >= 0.3 is 38.7 Å². The zero-order valence-electron chi connectivity index (χ0n) is 53.9. The lowest BCUT2D eigenvalue weighted by atomic mass is 10.2. The van der Waals surface area contributed by atoms with E-state index in [2.05, 4.69) is 52.0 Å². The van der Waals surface area contributed by atoms with Crippen LogP contribution in [0.2, 0.25) is 0 Å². The molecule has 0 aliphatic carbocycles. The molecule has 32 nitrogen and oxygen atoms in total. The van der Waals surface area contributed by atoms with Crippen molar-refractivity contribution in [2.45, 2.75) is 103 Å². The lowest BCUT2D eigenvalue weighted by Gasteiger charge is -2.15. The molecule has 6 aromatic rings. The van der Waals surface area contributed by atoms with Crippen molar-refractivity contribution in [1.29, 1.82) is 0 Å². The molecule has 4 saturated heterocycles. The van der Waals surface area contributed by atoms with E-state index in [0.717, 1.165) is 44.9 Å². The average molecular weight is 1450 g/mol. The molecule has 7 N–H and O–H groups in total. The fourth-order valence-corrected chi connectivity index (χ4v) is 8.45. The van der Waals surface area contributed by atoms with E-state index in [9.17, 15) is 72.7 Å². The van der Waals surface area contributed by atoms with Crippen LogP contribution in [0.1, 0.15) is 96.7 Å². The maximum Gasteiger partial charge on any atom is 0.523 e. The molecule has 11 rings (SSSR count). The SMILES string of the molecule is C=C1N=CC(F)=C(NC(=O)c2ccccc2)N1.CC[C@H]1OCC(OC(C)=O)O1.CC[C@H]1OC[C@@H](n2cc(F)c(NC(=O)c3ccccc3)nc2=O)O1.CC[C@H]1OC[C@H](n2cc(F)c(NC(=O)c3ccccc3)nc2=O)O1.COS(=O)(=O)C(F)(F)F.Nc1nc(=O)n([C@@H]2CO[C@H](CO)O2)cc1F. The van der Waals surface area contributed by atoms with Gasteiger partial charge in [0.05, 0.1) is 58.3 Å². The maximum atomic E-state index is 14.2. The van der Waals surface area contributed by atoms with E-state index >= 15 is 0 Å². The third-order valence-corrected chi connectivity index (χ3v) is 14.2. The summed E-state index contributed by atoms with van der Waals surface area (Å²) in [5.41, 5.74) is -1.25. The summed E-state index contributed by atoms with van der Waals surface area (Å²) in [5.74, 6) is -6.01. The Morgan fingerprint density at radius 1 is 0.614 bits per heavy atom. The molecule has 0 saturated carbocycles. The number of amides is 3. The number of ether oxygens (including phenoxy) is 9. The fourth-order valence-electron chi connectivity index (χ4n) is 8.26. The highest BCUT2D eigenvalue weighted by Crippen LogP contribution is 2.26. The molecule has 8 heterocycles. The maximum absolute atomic E-state index is 14.2. The number of nitrogens with zero attached hydrogens (tertiary/aromatic N) is 7. The highest BCUT2D eigenvalue weighted by Gasteiger charge is 2.46. The second-order valence-corrected chi connectivity index (χ2v) is 22.1. The summed E-state index contributed by atoms with van der Waals surface area (Å²) < 4.78 is 160. The zero-order chi connectivity index (χ0) is 74.1. The average Bonchev–Trinajstić information content (AvgIpc) is 1.76. The Balaban J connectivity index is 0.000000197. The third kappa shape index (κ3) is 23.8. The van der Waals surface area contributed by atoms with Gasteiger partial charge in [-0.15, -0.1) is 0 Å². The van der Waals surface area contributed by atoms with Crippen molar-refractivity contribution in [2.24, 2.45) is 4.99 Å². The molecular weight excluding hydrogens is 1390 g/mol. The van der Waals surface area contributed by atoms with Crippen LogP contribution in [0, 0.1) is 17.5 Å². The molecule has 0 bridgehead atoms. The number of anilines is 3. The van der Waals surface area contributed by atoms with Crippen LogP contribution in [-0.2, 0) is 61.7 Å². The van der Waals surface area contributed by atoms with Crippen LogP contribution in [0.25, 0.3) is 0 Å². The third-order valence-electron chi connectivity index (χ3n) is 13.2. The summed E-state index contributed by atoms with van der Waals surface area (Å²) in [6.07, 6.45) is 1.19. The van der Waals surface area contributed by atoms with Crippen LogP contribution in [0.4, 0.5) is 48.2 Å². The molecule has 0 spiro atoms. The first-order chi connectivity index (χ1) is 48.0. The standard InChI is InChI=1S/2C16H16FN3O4.C12H10FN3O.C8H10FN3O4.C7H12O4.C2H3F3O3S/c2*1-2-13-23-9-12(24-13)20-8-11(17)14(19-16(20)22)18-15(21)10-6-4-3-5-7-10;1-8-14-7-10(13)11(15-8)16-12(17)9-5-3-2-4-6-9;9-4-1-12(8(14)11-7(4)10)5-3-15-6(2-13)16-5;1-3-6-9-4-7(11-6)10-5(2)8;1-8-9(6,7)2(3,4)5/h2*3-8,12-13H,2,9H2,1H3,(H,18,19,21,22);2-7,15H,1H2,(H,16,17);1,5-6,13H,2-3H2,(H2,10,11,14);6-7H,3-4H2,1-2H3;1H3/t12-,13+;12-,13-;;5-,6-;6-,7?;/m10.00./s1. The predicted octanol–water partition coefficient (Wildman–Crippen LogP) is 5.50. The highest BCUT2D eigenvalue weighted by molar-refractivity contribution is 7.87. The number of rotatable bonds is 15. The Labute approximate surface area is 568 Å². The van der Waals surface area contributed by atoms with E-state index in [1.807, 2.05) is 20.8 Å². The van der Waals surface area contributed by atoms with E-state index in [1.54, 1.807) is 91.0 Å². The Bertz CT molecular complexity index is 4050. The summed E-state index contributed by atoms with van der Waals surface area (Å²) in [6, 6.07) is 25.0. The van der Waals surface area contributed by atoms with Crippen LogP contribution in [0.15, 0.2) is 153 Å². The molecule has 40 heteroatoms. The number of nitrogens with one attached hydrogen (secondary N) is 4. The first kappa shape index (κ1) is 80.0. The Morgan fingerprint density at radius 2 is 0.990 bits per heavy atom. The van der Waals surface area contributed by atoms with Gasteiger partial charge in [-0.1, -0.05) is 81.9 Å². The Hall–Kier alpha value is -10.0. The molecule has 0 radical (unpaired) electrons. The predicted molar refractivity (Wildman–Crippen MR) is 337 cm³/mol. The molecule has 101 heavy (non-hydrogen) atoms. The number of allylic oxidation sites excluding steroid dienone is 1. The van der Waals surface area contributed by atoms with Crippen LogP contribution < -0.4 is 44.1 Å². The first-order valence-electron chi connectivity index (χ1n) is 29.8. The highest BCUT2D eigenvalue weighted by atomic mass is 32.2. The Morgan fingerprint density at radius 3 is 1.35 bits per heavy atom. The van der Waals surface area contributed by atoms with Gasteiger partial charge in [-0.25, -0.2) is 36.9 Å². The van der Waals surface area contributed by atoms with Gasteiger partial charge < -0.3 is 74.7 Å². The van der Waals surface area contributed by atoms with Crippen molar-refractivity contribution >= 4 is 57.5 Å². The molecule has 3 aromatic carbocycles. The number of carbonyl (C=O) groups excluding carboxylic acids is 4. The summed E-state index contributed by atoms with van der Waals surface area (Å²) in [4.78, 5) is 95.9. The number of aliphatic hydroxyl groups is 1. The van der Waals surface area contributed by atoms with Gasteiger partial charge in [-0.3, -0.25) is 37.1 Å². The number of halogens is 7. The topological polar surface area (TPSA) is 406 Å². The lowest BCUT2D eigenvalue weighted by molar-refractivity contribution is -0.173. The van der Waals surface area contributed by atoms with Crippen LogP contribution in [-0.4, -0.2) is 149 Å². The number of carbonyl (C=O) groups is 4. The van der Waals surface area contributed by atoms with Crippen molar-refractivity contribution in [3.05, 3.63) is 199 Å². The summed E-state index contributed by atoms with van der Waals surface area (Å²) in [5, 5.41) is 18.3. The minimum atomic E-state index is -5.34. The number of aliphatic imine (C=N–C) groups is 1. The summed E-state index contributed by atoms with van der Waals surface area (Å²) in [6.45, 7) is 10.9. The second kappa shape index (κ2) is 38.0. The number of nitrogens with two attached hydrogens (primary N) is 1. The Kier molecular flexibility index (Phi) is 30.1. The number of aliphatic hydroxyl groups excluding tert-OH is 1. The first-order valence-corrected chi connectivity index (χ1v) is 31.2. The number of benzene rings is 3. The van der Waals surface area contributed by atoms with Gasteiger partial charge in [0, 0.05) is 23.6 Å². The van der Waals surface area contributed by atoms with Gasteiger partial charge in [-0.2, -0.15) is 36.5 Å². The molecule has 1 unspecified atom stereocenters. The zero-order valence-corrected chi connectivity index (χ0v) is 54.7. The van der Waals surface area contributed by atoms with E-state index < -0.39 is 135 Å². The minimum absolute atomic E-state index is 0.0379. The quantitative estimate of drug-likeness (QED) is 0.0320. The van der Waals surface area contributed by atoms with Gasteiger partial charge in [0.15, 0.2) is 84.6 Å². The molecular formula is C61H67F7N12O20S. The normalized spacial score (nSPS) is 20.5. The van der Waals surface area contributed by atoms with Crippen molar-refractivity contribution < 1.29 is 110 Å². The molecule has 8 atom stereocenters. The molecule has 5 aliphatic heterocycles. The van der Waals surface area contributed by atoms with Crippen LogP contribution in [0.5, 0.6) is 0 Å². The summed E-state index contributed by atoms with van der Waals surface area (Å²) >= 11 is 0. The van der Waals surface area contributed by atoms with E-state index in [-0.39, 0.29) is 50.3 Å². The van der Waals surface area contributed by atoms with Gasteiger partial charge in [-0.05, 0) is 55.7 Å². The van der Waals surface area contributed by atoms with E-state index in [4.69, 9.17) is 53.5 Å². The molecule has 3 amide bonds. The van der Waals surface area contributed by atoms with Crippen molar-refractivity contribution in [2.75, 3.05) is 56.5 Å². The van der Waals surface area contributed by atoms with E-state index in [1.165, 1.54) is 6.92 Å². The van der Waals surface area contributed by atoms with Crippen molar-refractivity contribution in [1.82, 2.24) is 39.3 Å². The molecule has 4 fully saturated rings. The largest absolute Gasteiger partial charge is 0.523 e. The number of nitrogen functional groups attached to an aromatic ring is 1. The lowest BCUT2D eigenvalue weighted by Crippen LogP contribution is -2.33. The number of hydrogen-bond donors (Lipinski definition) is 6. The van der Waals surface area contributed by atoms with E-state index in [0.29, 0.717) is 43.2 Å². The van der Waals surface area contributed by atoms with Gasteiger partial charge in [0.2, 0.25) is 6.29 Å². The minimum Gasteiger partial charge on any atom is -0.433 e. The van der Waals surface area contributed by atoms with Crippen LogP contribution in [0.3, 0.4) is 0 Å². The monoisotopic (exact) mass is 1450 g/mol. The molecule has 546 valence electrons. The van der Waals surface area contributed by atoms with Crippen molar-refractivity contribution in [3.63, 3.8) is 0 Å². The second-order valence-electron chi connectivity index (χ2n) is 20.4. The number of alkyl halides is 3. The smallest absolute Gasteiger partial charge is 0.433 e. The fraction of sp³-hybridized carbons (Fsp3) is 0.361. The van der Waals surface area contributed by atoms with Crippen molar-refractivity contribution in [3.8, 4) is 0 Å². The summed E-state index contributed by atoms with van der Waals surface area (Å²) in [7, 11) is -4.89. The van der Waals surface area contributed by atoms with Crippen LogP contribution >= 0.6 is 0 Å². The molecule has 3 aromatic heterocycles. The number of hydrogen-bond acceptors (Lipinski definition) is 26. The van der Waals surface area contributed by atoms with Gasteiger partial charge in [0.25, 0.3) is 17.7 Å².